The number of nitrogens with zero attached hydrogens (tertiary/aromatic N) is 4. The maximum absolute atomic E-state index is 12.4. The summed E-state index contributed by atoms with van der Waals surface area (Å²) in [5.74, 6) is -0.0964. The molecule has 0 spiro atoms. The fourth-order valence-electron chi connectivity index (χ4n) is 2.53. The first-order valence-corrected chi connectivity index (χ1v) is 7.38. The van der Waals surface area contributed by atoms with Gasteiger partial charge in [-0.2, -0.15) is 5.10 Å². The number of para-hydroxylation sites is 1. The van der Waals surface area contributed by atoms with Crippen molar-refractivity contribution in [3.63, 3.8) is 0 Å². The summed E-state index contributed by atoms with van der Waals surface area (Å²) in [7, 11) is 0. The molecule has 24 heavy (non-hydrogen) atoms. The van der Waals surface area contributed by atoms with Crippen LogP contribution in [0.3, 0.4) is 0 Å². The molecule has 2 aromatic carbocycles. The number of amides is 1. The van der Waals surface area contributed by atoms with Crippen LogP contribution in [0.25, 0.3) is 16.6 Å². The van der Waals surface area contributed by atoms with E-state index in [-0.39, 0.29) is 11.7 Å². The zero-order chi connectivity index (χ0) is 16.4. The van der Waals surface area contributed by atoms with E-state index in [0.29, 0.717) is 17.4 Å². The maximum atomic E-state index is 12.4. The molecule has 0 atom stereocenters. The van der Waals surface area contributed by atoms with Gasteiger partial charge in [0.15, 0.2) is 0 Å². The lowest BCUT2D eigenvalue weighted by atomic mass is 10.1. The van der Waals surface area contributed by atoms with Crippen LogP contribution in [0.1, 0.15) is 16.1 Å². The molecule has 1 N–H and O–H groups in total. The van der Waals surface area contributed by atoms with Gasteiger partial charge in [-0.3, -0.25) is 4.79 Å². The van der Waals surface area contributed by atoms with Crippen LogP contribution in [0.4, 0.5) is 0 Å². The van der Waals surface area contributed by atoms with Gasteiger partial charge in [0.25, 0.3) is 5.91 Å². The third-order valence-corrected chi connectivity index (χ3v) is 3.69. The summed E-state index contributed by atoms with van der Waals surface area (Å²) in [6.07, 6.45) is 3.08. The van der Waals surface area contributed by atoms with Gasteiger partial charge in [-0.05, 0) is 23.8 Å². The van der Waals surface area contributed by atoms with Crippen LogP contribution in [0.5, 0.6) is 0 Å². The number of fused-ring (bicyclic) bond motifs is 1. The molecular weight excluding hydrogens is 306 g/mol. The zero-order valence-corrected chi connectivity index (χ0v) is 12.6. The smallest absolute Gasteiger partial charge is 0.290 e. The molecule has 4 aromatic rings. The SMILES string of the molecule is O=C(NCc1ccccc1-n1cncn1)c1onc2ccccc12. The van der Waals surface area contributed by atoms with E-state index in [0.717, 1.165) is 11.3 Å². The lowest BCUT2D eigenvalue weighted by Crippen LogP contribution is -2.23. The Morgan fingerprint density at radius 3 is 2.83 bits per heavy atom. The fraction of sp³-hybridized carbons (Fsp3) is 0.0588. The Bertz CT molecular complexity index is 991. The number of rotatable bonds is 4. The number of benzene rings is 2. The largest absolute Gasteiger partial charge is 0.350 e. The van der Waals surface area contributed by atoms with Crippen molar-refractivity contribution in [2.24, 2.45) is 0 Å². The molecule has 0 saturated carbocycles. The van der Waals surface area contributed by atoms with Crippen molar-refractivity contribution in [1.29, 1.82) is 0 Å². The minimum atomic E-state index is -0.308. The van der Waals surface area contributed by atoms with Gasteiger partial charge in [-0.15, -0.1) is 0 Å². The lowest BCUT2D eigenvalue weighted by Gasteiger charge is -2.09. The van der Waals surface area contributed by atoms with Gasteiger partial charge in [0.2, 0.25) is 5.76 Å². The average molecular weight is 319 g/mol. The van der Waals surface area contributed by atoms with Crippen LogP contribution < -0.4 is 5.32 Å². The monoisotopic (exact) mass is 319 g/mol. The van der Waals surface area contributed by atoms with Gasteiger partial charge >= 0.3 is 0 Å². The molecule has 0 unspecified atom stereocenters. The second-order valence-electron chi connectivity index (χ2n) is 5.18. The Morgan fingerprint density at radius 2 is 1.96 bits per heavy atom. The van der Waals surface area contributed by atoms with Crippen molar-refractivity contribution in [2.75, 3.05) is 0 Å². The Morgan fingerprint density at radius 1 is 1.12 bits per heavy atom. The van der Waals surface area contributed by atoms with Crippen molar-refractivity contribution >= 4 is 16.8 Å². The summed E-state index contributed by atoms with van der Waals surface area (Å²) in [6.45, 7) is 0.337. The van der Waals surface area contributed by atoms with Gasteiger partial charge in [0.1, 0.15) is 18.2 Å². The second kappa shape index (κ2) is 5.96. The molecule has 0 radical (unpaired) electrons. The van der Waals surface area contributed by atoms with E-state index in [4.69, 9.17) is 4.52 Å². The molecule has 7 heteroatoms. The van der Waals surface area contributed by atoms with Crippen molar-refractivity contribution in [3.05, 3.63) is 72.5 Å². The fourth-order valence-corrected chi connectivity index (χ4v) is 2.53. The van der Waals surface area contributed by atoms with Gasteiger partial charge in [0, 0.05) is 6.54 Å². The second-order valence-corrected chi connectivity index (χ2v) is 5.18. The molecule has 0 aliphatic rings. The topological polar surface area (TPSA) is 85.8 Å². The van der Waals surface area contributed by atoms with E-state index in [1.165, 1.54) is 6.33 Å². The maximum Gasteiger partial charge on any atom is 0.290 e. The summed E-state index contributed by atoms with van der Waals surface area (Å²) in [6, 6.07) is 15.0. The van der Waals surface area contributed by atoms with E-state index in [9.17, 15) is 4.79 Å². The third-order valence-electron chi connectivity index (χ3n) is 3.69. The quantitative estimate of drug-likeness (QED) is 0.624. The van der Waals surface area contributed by atoms with Gasteiger partial charge in [0.05, 0.1) is 11.1 Å². The summed E-state index contributed by atoms with van der Waals surface area (Å²) in [4.78, 5) is 16.4. The molecule has 1 amide bonds. The van der Waals surface area contributed by atoms with Crippen molar-refractivity contribution in [1.82, 2.24) is 25.2 Å². The third kappa shape index (κ3) is 2.52. The highest BCUT2D eigenvalue weighted by Gasteiger charge is 2.16. The number of nitrogens with one attached hydrogen (secondary N) is 1. The standard InChI is InChI=1S/C17H13N5O2/c23-17(16-13-6-2-3-7-14(13)21-24-16)19-9-12-5-1-4-8-15(12)22-11-18-10-20-22/h1-8,10-11H,9H2,(H,19,23). The molecule has 0 bridgehead atoms. The number of carbonyl (C=O) groups is 1. The normalized spacial score (nSPS) is 10.8. The summed E-state index contributed by atoms with van der Waals surface area (Å²) >= 11 is 0. The van der Waals surface area contributed by atoms with Crippen molar-refractivity contribution in [2.45, 2.75) is 6.54 Å². The Hall–Kier alpha value is -3.48. The van der Waals surface area contributed by atoms with Crippen LogP contribution in [0.15, 0.2) is 65.7 Å². The first-order chi connectivity index (χ1) is 11.8. The number of hydrogen-bond acceptors (Lipinski definition) is 5. The van der Waals surface area contributed by atoms with Crippen molar-refractivity contribution < 1.29 is 9.32 Å². The van der Waals surface area contributed by atoms with Gasteiger partial charge in [-0.25, -0.2) is 9.67 Å². The molecule has 7 nitrogen and oxygen atoms in total. The molecule has 0 aliphatic heterocycles. The van der Waals surface area contributed by atoms with E-state index >= 15 is 0 Å². The predicted octanol–water partition coefficient (Wildman–Crippen LogP) is 2.34. The van der Waals surface area contributed by atoms with Crippen molar-refractivity contribution in [3.8, 4) is 5.69 Å². The van der Waals surface area contributed by atoms with Crippen LogP contribution >= 0.6 is 0 Å². The highest BCUT2D eigenvalue weighted by atomic mass is 16.5. The van der Waals surface area contributed by atoms with Crippen LogP contribution in [-0.4, -0.2) is 25.8 Å². The van der Waals surface area contributed by atoms with E-state index in [1.807, 2.05) is 42.5 Å². The zero-order valence-electron chi connectivity index (χ0n) is 12.6. The molecule has 4 rings (SSSR count). The first-order valence-electron chi connectivity index (χ1n) is 7.38. The highest BCUT2D eigenvalue weighted by Crippen LogP contribution is 2.18. The van der Waals surface area contributed by atoms with E-state index < -0.39 is 0 Å². The molecule has 2 aromatic heterocycles. The summed E-state index contributed by atoms with van der Waals surface area (Å²) < 4.78 is 6.84. The Balaban J connectivity index is 1.56. The lowest BCUT2D eigenvalue weighted by molar-refractivity contribution is 0.0916. The molecule has 0 aliphatic carbocycles. The predicted molar refractivity (Wildman–Crippen MR) is 86.5 cm³/mol. The molecule has 2 heterocycles. The minimum absolute atomic E-state index is 0.212. The van der Waals surface area contributed by atoms with Crippen LogP contribution in [0.2, 0.25) is 0 Å². The van der Waals surface area contributed by atoms with Gasteiger partial charge < -0.3 is 9.84 Å². The number of aromatic nitrogens is 4. The molecular formula is C17H13N5O2. The summed E-state index contributed by atoms with van der Waals surface area (Å²) in [5, 5.41) is 11.6. The van der Waals surface area contributed by atoms with E-state index in [1.54, 1.807) is 17.1 Å². The van der Waals surface area contributed by atoms with Crippen LogP contribution in [-0.2, 0) is 6.54 Å². The Kier molecular flexibility index (Phi) is 3.51. The minimum Gasteiger partial charge on any atom is -0.350 e. The summed E-state index contributed by atoms with van der Waals surface area (Å²) in [5.41, 5.74) is 2.43. The highest BCUT2D eigenvalue weighted by molar-refractivity contribution is 6.03. The number of carbonyl (C=O) groups excluding carboxylic acids is 1. The first kappa shape index (κ1) is 14.1. The molecule has 0 fully saturated rings. The van der Waals surface area contributed by atoms with Gasteiger partial charge in [-0.1, -0.05) is 35.5 Å². The van der Waals surface area contributed by atoms with Crippen LogP contribution in [0, 0.1) is 0 Å². The number of hydrogen-bond donors (Lipinski definition) is 1. The van der Waals surface area contributed by atoms with E-state index in [2.05, 4.69) is 20.6 Å². The Labute approximate surface area is 136 Å². The molecule has 118 valence electrons. The average Bonchev–Trinajstić information content (AvgIpc) is 3.29. The molecule has 0 saturated heterocycles.